The Morgan fingerprint density at radius 1 is 0.966 bits per heavy atom. The third-order valence-corrected chi connectivity index (χ3v) is 5.01. The van der Waals surface area contributed by atoms with Crippen LogP contribution in [0.25, 0.3) is 0 Å². The highest BCUT2D eigenvalue weighted by atomic mass is 16.5. The molecule has 1 amide bonds. The van der Waals surface area contributed by atoms with Crippen LogP contribution in [0.1, 0.15) is 56.0 Å². The number of amides is 1. The number of benzene rings is 2. The van der Waals surface area contributed by atoms with Gasteiger partial charge < -0.3 is 20.1 Å². The van der Waals surface area contributed by atoms with E-state index in [1.165, 1.54) is 5.56 Å². The summed E-state index contributed by atoms with van der Waals surface area (Å²) in [4.78, 5) is 12.8. The van der Waals surface area contributed by atoms with Crippen LogP contribution in [-0.4, -0.2) is 25.2 Å². The smallest absolute Gasteiger partial charge is 0.282 e. The Morgan fingerprint density at radius 3 is 2.14 bits per heavy atom. The van der Waals surface area contributed by atoms with Crippen molar-refractivity contribution in [3.63, 3.8) is 0 Å². The SMILES string of the molecule is CCOc1ccc([C@H](C)[NH2+][C@H](C)C(=O)Nc2c(C)cc(C)cc2C)cc1OCC. The lowest BCUT2D eigenvalue weighted by Crippen LogP contribution is -2.91. The quantitative estimate of drug-likeness (QED) is 0.668. The van der Waals surface area contributed by atoms with E-state index in [-0.39, 0.29) is 18.0 Å². The maximum atomic E-state index is 12.8. The lowest BCUT2D eigenvalue weighted by atomic mass is 10.0. The number of nitrogens with one attached hydrogen (secondary N) is 1. The lowest BCUT2D eigenvalue weighted by Gasteiger charge is -2.20. The summed E-state index contributed by atoms with van der Waals surface area (Å²) < 4.78 is 11.4. The van der Waals surface area contributed by atoms with Crippen molar-refractivity contribution < 1.29 is 19.6 Å². The highest BCUT2D eigenvalue weighted by molar-refractivity contribution is 5.95. The van der Waals surface area contributed by atoms with E-state index in [2.05, 4.69) is 36.6 Å². The Bertz CT molecular complexity index is 825. The molecule has 0 bridgehead atoms. The third kappa shape index (κ3) is 5.97. The highest BCUT2D eigenvalue weighted by Gasteiger charge is 2.22. The minimum Gasteiger partial charge on any atom is -0.490 e. The van der Waals surface area contributed by atoms with E-state index in [0.717, 1.165) is 33.9 Å². The number of carbonyl (C=O) groups excluding carboxylic acids is 1. The van der Waals surface area contributed by atoms with Crippen molar-refractivity contribution in [3.05, 3.63) is 52.6 Å². The van der Waals surface area contributed by atoms with E-state index in [1.807, 2.05) is 52.8 Å². The first-order chi connectivity index (χ1) is 13.8. The van der Waals surface area contributed by atoms with E-state index < -0.39 is 0 Å². The normalized spacial score (nSPS) is 12.9. The predicted molar refractivity (Wildman–Crippen MR) is 118 cm³/mol. The average Bonchev–Trinajstić information content (AvgIpc) is 2.66. The maximum Gasteiger partial charge on any atom is 0.282 e. The van der Waals surface area contributed by atoms with Crippen molar-refractivity contribution in [2.24, 2.45) is 0 Å². The molecule has 0 aliphatic carbocycles. The number of nitrogens with two attached hydrogens (primary N) is 1. The molecule has 0 unspecified atom stereocenters. The molecule has 0 aromatic heterocycles. The molecule has 0 radical (unpaired) electrons. The summed E-state index contributed by atoms with van der Waals surface area (Å²) in [6, 6.07) is 10.0. The number of carbonyl (C=O) groups is 1. The van der Waals surface area contributed by atoms with Crippen LogP contribution in [0.15, 0.2) is 30.3 Å². The van der Waals surface area contributed by atoms with Gasteiger partial charge in [0.2, 0.25) is 0 Å². The van der Waals surface area contributed by atoms with Gasteiger partial charge in [0.05, 0.1) is 13.2 Å². The van der Waals surface area contributed by atoms with Gasteiger partial charge in [-0.1, -0.05) is 17.7 Å². The van der Waals surface area contributed by atoms with E-state index in [9.17, 15) is 4.79 Å². The second kappa shape index (κ2) is 10.3. The largest absolute Gasteiger partial charge is 0.490 e. The molecule has 158 valence electrons. The van der Waals surface area contributed by atoms with Crippen molar-refractivity contribution in [3.8, 4) is 11.5 Å². The van der Waals surface area contributed by atoms with E-state index in [4.69, 9.17) is 9.47 Å². The second-order valence-corrected chi connectivity index (χ2v) is 7.60. The molecule has 2 aromatic carbocycles. The van der Waals surface area contributed by atoms with Gasteiger partial charge in [-0.05, 0) is 77.8 Å². The summed E-state index contributed by atoms with van der Waals surface area (Å²) in [7, 11) is 0. The van der Waals surface area contributed by atoms with Gasteiger partial charge >= 0.3 is 0 Å². The molecular formula is C24H35N2O3+. The summed E-state index contributed by atoms with van der Waals surface area (Å²) in [5.41, 5.74) is 5.38. The van der Waals surface area contributed by atoms with Crippen molar-refractivity contribution >= 4 is 11.6 Å². The first-order valence-electron chi connectivity index (χ1n) is 10.4. The van der Waals surface area contributed by atoms with Gasteiger partial charge in [-0.2, -0.15) is 0 Å². The van der Waals surface area contributed by atoms with Crippen molar-refractivity contribution in [1.29, 1.82) is 0 Å². The zero-order valence-electron chi connectivity index (χ0n) is 18.8. The molecule has 2 rings (SSSR count). The van der Waals surface area contributed by atoms with Gasteiger partial charge in [-0.25, -0.2) is 0 Å². The Labute approximate surface area is 174 Å². The molecule has 0 saturated carbocycles. The fourth-order valence-corrected chi connectivity index (χ4v) is 3.60. The zero-order chi connectivity index (χ0) is 21.6. The summed E-state index contributed by atoms with van der Waals surface area (Å²) in [5, 5.41) is 5.17. The summed E-state index contributed by atoms with van der Waals surface area (Å²) >= 11 is 0. The van der Waals surface area contributed by atoms with Crippen LogP contribution in [0.2, 0.25) is 0 Å². The van der Waals surface area contributed by atoms with E-state index in [1.54, 1.807) is 0 Å². The summed E-state index contributed by atoms with van der Waals surface area (Å²) in [6.45, 7) is 15.2. The van der Waals surface area contributed by atoms with Crippen LogP contribution in [0, 0.1) is 20.8 Å². The second-order valence-electron chi connectivity index (χ2n) is 7.60. The summed E-state index contributed by atoms with van der Waals surface area (Å²) in [5.74, 6) is 1.50. The molecule has 5 heteroatoms. The Kier molecular flexibility index (Phi) is 8.09. The van der Waals surface area contributed by atoms with Gasteiger partial charge in [-0.15, -0.1) is 0 Å². The van der Waals surface area contributed by atoms with Gasteiger partial charge in [0.15, 0.2) is 17.5 Å². The summed E-state index contributed by atoms with van der Waals surface area (Å²) in [6.07, 6.45) is 0. The number of hydrogen-bond acceptors (Lipinski definition) is 3. The van der Waals surface area contributed by atoms with Crippen LogP contribution in [0.4, 0.5) is 5.69 Å². The van der Waals surface area contributed by atoms with Crippen LogP contribution in [0.5, 0.6) is 11.5 Å². The standard InChI is InChI=1S/C24H34N2O3/c1-8-28-21-11-10-20(14-22(21)29-9-2)18(6)25-19(7)24(27)26-23-16(4)12-15(3)13-17(23)5/h10-14,18-19,25H,8-9H2,1-7H3,(H,26,27)/p+1/t18-,19+/m0/s1. The molecule has 3 N–H and O–H groups in total. The highest BCUT2D eigenvalue weighted by Crippen LogP contribution is 2.30. The Balaban J connectivity index is 2.09. The van der Waals surface area contributed by atoms with Crippen molar-refractivity contribution in [2.45, 2.75) is 60.5 Å². The Morgan fingerprint density at radius 2 is 1.55 bits per heavy atom. The van der Waals surface area contributed by atoms with E-state index in [0.29, 0.717) is 13.2 Å². The number of hydrogen-bond donors (Lipinski definition) is 2. The van der Waals surface area contributed by atoms with Crippen molar-refractivity contribution in [1.82, 2.24) is 0 Å². The monoisotopic (exact) mass is 399 g/mol. The maximum absolute atomic E-state index is 12.8. The molecule has 0 aliphatic rings. The number of quaternary nitrogens is 1. The van der Waals surface area contributed by atoms with Gasteiger partial charge in [0.25, 0.3) is 5.91 Å². The number of anilines is 1. The number of rotatable bonds is 9. The van der Waals surface area contributed by atoms with Gasteiger partial charge in [0, 0.05) is 11.3 Å². The minimum atomic E-state index is -0.229. The molecule has 0 fully saturated rings. The molecule has 0 heterocycles. The fraction of sp³-hybridized carbons (Fsp3) is 0.458. The molecule has 0 spiro atoms. The molecule has 2 aromatic rings. The lowest BCUT2D eigenvalue weighted by molar-refractivity contribution is -0.709. The van der Waals surface area contributed by atoms with Crippen LogP contribution < -0.4 is 20.1 Å². The van der Waals surface area contributed by atoms with Crippen LogP contribution in [0.3, 0.4) is 0 Å². The number of aryl methyl sites for hydroxylation is 3. The number of ether oxygens (including phenoxy) is 2. The predicted octanol–water partition coefficient (Wildman–Crippen LogP) is 4.06. The van der Waals surface area contributed by atoms with Crippen LogP contribution in [-0.2, 0) is 4.79 Å². The molecule has 5 nitrogen and oxygen atoms in total. The topological polar surface area (TPSA) is 64.2 Å². The first kappa shape index (κ1) is 22.8. The average molecular weight is 400 g/mol. The van der Waals surface area contributed by atoms with Gasteiger partial charge in [0.1, 0.15) is 6.04 Å². The minimum absolute atomic E-state index is 0.00266. The molecule has 29 heavy (non-hydrogen) atoms. The first-order valence-corrected chi connectivity index (χ1v) is 10.4. The zero-order valence-corrected chi connectivity index (χ0v) is 18.8. The van der Waals surface area contributed by atoms with Crippen LogP contribution >= 0.6 is 0 Å². The molecule has 0 aliphatic heterocycles. The molecular weight excluding hydrogens is 364 g/mol. The fourth-order valence-electron chi connectivity index (χ4n) is 3.60. The molecule has 2 atom stereocenters. The third-order valence-electron chi connectivity index (χ3n) is 5.01. The Hall–Kier alpha value is -2.53. The van der Waals surface area contributed by atoms with Crippen molar-refractivity contribution in [2.75, 3.05) is 18.5 Å². The molecule has 0 saturated heterocycles. The van der Waals surface area contributed by atoms with E-state index >= 15 is 0 Å². The van der Waals surface area contributed by atoms with Gasteiger partial charge in [-0.3, -0.25) is 4.79 Å².